The summed E-state index contributed by atoms with van der Waals surface area (Å²) in [6, 6.07) is 3.77. The average molecular weight is 259 g/mol. The summed E-state index contributed by atoms with van der Waals surface area (Å²) in [6.45, 7) is 0. The number of aromatic hydroxyl groups is 2. The number of hydrogen-bond donors (Lipinski definition) is 4. The van der Waals surface area contributed by atoms with Gasteiger partial charge >= 0.3 is 10.3 Å². The minimum atomic E-state index is -4.58. The first kappa shape index (κ1) is 13.0. The van der Waals surface area contributed by atoms with Crippen molar-refractivity contribution in [2.45, 2.75) is 0 Å². The first-order chi connectivity index (χ1) is 7.78. The van der Waals surface area contributed by atoms with Gasteiger partial charge in [-0.15, -0.1) is 0 Å². The van der Waals surface area contributed by atoms with E-state index in [9.17, 15) is 13.2 Å². The van der Waals surface area contributed by atoms with E-state index in [1.165, 1.54) is 29.0 Å². The van der Waals surface area contributed by atoms with E-state index in [4.69, 9.17) is 14.8 Å². The Labute approximate surface area is 96.9 Å². The van der Waals surface area contributed by atoms with Gasteiger partial charge in [0.05, 0.1) is 0 Å². The molecule has 0 unspecified atom stereocenters. The Hall–Kier alpha value is -2.06. The summed E-state index contributed by atoms with van der Waals surface area (Å²) in [5.41, 5.74) is 0.366. The lowest BCUT2D eigenvalue weighted by Crippen LogP contribution is -2.27. The molecule has 0 heterocycles. The number of carbonyl (C=O) groups excluding carboxylic acids is 1. The second kappa shape index (κ2) is 4.85. The molecule has 4 N–H and O–H groups in total. The third-order valence-corrected chi connectivity index (χ3v) is 2.12. The van der Waals surface area contributed by atoms with Gasteiger partial charge in [0, 0.05) is 6.08 Å². The number of phenolic OH excluding ortho intramolecular Hbond substituents is 2. The lowest BCUT2D eigenvalue weighted by atomic mass is 10.2. The maximum atomic E-state index is 10.9. The van der Waals surface area contributed by atoms with Gasteiger partial charge in [-0.1, -0.05) is 6.07 Å². The lowest BCUT2D eigenvalue weighted by Gasteiger charge is -1.98. The highest BCUT2D eigenvalue weighted by Crippen LogP contribution is 2.25. The third-order valence-electron chi connectivity index (χ3n) is 1.66. The fourth-order valence-corrected chi connectivity index (χ4v) is 1.30. The summed E-state index contributed by atoms with van der Waals surface area (Å²) in [7, 11) is -4.58. The minimum Gasteiger partial charge on any atom is -0.504 e. The number of rotatable bonds is 3. The van der Waals surface area contributed by atoms with E-state index in [0.717, 1.165) is 6.08 Å². The van der Waals surface area contributed by atoms with Gasteiger partial charge in [-0.2, -0.15) is 8.42 Å². The molecule has 0 fully saturated rings. The highest BCUT2D eigenvalue weighted by atomic mass is 32.2. The Morgan fingerprint density at radius 3 is 2.41 bits per heavy atom. The maximum absolute atomic E-state index is 10.9. The van der Waals surface area contributed by atoms with Crippen molar-refractivity contribution in [3.8, 4) is 11.5 Å². The molecule has 0 spiro atoms. The van der Waals surface area contributed by atoms with Crippen LogP contribution in [0.15, 0.2) is 24.3 Å². The second-order valence-corrected chi connectivity index (χ2v) is 4.18. The first-order valence-corrected chi connectivity index (χ1v) is 5.71. The molecule has 1 aromatic rings. The Morgan fingerprint density at radius 2 is 1.88 bits per heavy atom. The molecule has 1 rings (SSSR count). The van der Waals surface area contributed by atoms with Crippen LogP contribution in [0, 0.1) is 0 Å². The molecule has 8 heteroatoms. The average Bonchev–Trinajstić information content (AvgIpc) is 2.17. The molecule has 1 aromatic carbocycles. The molecule has 0 radical (unpaired) electrons. The molecule has 0 aromatic heterocycles. The van der Waals surface area contributed by atoms with Crippen LogP contribution >= 0.6 is 0 Å². The molecule has 0 atom stereocenters. The number of amides is 1. The predicted octanol–water partition coefficient (Wildman–Crippen LogP) is 0.0300. The first-order valence-electron chi connectivity index (χ1n) is 4.27. The summed E-state index contributed by atoms with van der Waals surface area (Å²) in [5.74, 6) is -1.73. The molecule has 0 aliphatic heterocycles. The van der Waals surface area contributed by atoms with Crippen LogP contribution in [0.3, 0.4) is 0 Å². The van der Waals surface area contributed by atoms with Gasteiger partial charge in [-0.3, -0.25) is 9.35 Å². The van der Waals surface area contributed by atoms with Crippen molar-refractivity contribution >= 4 is 22.3 Å². The molecular weight excluding hydrogens is 250 g/mol. The molecule has 7 nitrogen and oxygen atoms in total. The van der Waals surface area contributed by atoms with Gasteiger partial charge in [0.2, 0.25) is 0 Å². The molecule has 0 saturated carbocycles. The fraction of sp³-hybridized carbons (Fsp3) is 0. The Kier molecular flexibility index (Phi) is 3.71. The summed E-state index contributed by atoms with van der Waals surface area (Å²) in [4.78, 5) is 10.9. The van der Waals surface area contributed by atoms with E-state index in [0.29, 0.717) is 5.56 Å². The third kappa shape index (κ3) is 4.53. The van der Waals surface area contributed by atoms with Crippen LogP contribution in [0.4, 0.5) is 0 Å². The topological polar surface area (TPSA) is 124 Å². The normalized spacial score (nSPS) is 11.6. The number of benzene rings is 1. The van der Waals surface area contributed by atoms with Crippen LogP contribution in [0.25, 0.3) is 6.08 Å². The highest BCUT2D eigenvalue weighted by molar-refractivity contribution is 7.84. The van der Waals surface area contributed by atoms with E-state index in [1.54, 1.807) is 0 Å². The van der Waals surface area contributed by atoms with Crippen LogP contribution in [0.2, 0.25) is 0 Å². The number of nitrogens with one attached hydrogen (secondary N) is 1. The SMILES string of the molecule is O=C(C=Cc1ccc(O)c(O)c1)NS(=O)(=O)O. The van der Waals surface area contributed by atoms with Crippen molar-refractivity contribution in [1.29, 1.82) is 0 Å². The second-order valence-electron chi connectivity index (χ2n) is 3.02. The van der Waals surface area contributed by atoms with Gasteiger partial charge in [0.1, 0.15) is 0 Å². The Bertz CT molecular complexity index is 563. The Balaban J connectivity index is 2.77. The van der Waals surface area contributed by atoms with Crippen molar-refractivity contribution in [3.63, 3.8) is 0 Å². The van der Waals surface area contributed by atoms with Crippen LogP contribution in [-0.2, 0) is 15.1 Å². The monoisotopic (exact) mass is 259 g/mol. The van der Waals surface area contributed by atoms with Gasteiger partial charge in [-0.05, 0) is 23.8 Å². The summed E-state index contributed by atoms with van der Waals surface area (Å²) in [5, 5.41) is 18.1. The van der Waals surface area contributed by atoms with Crippen molar-refractivity contribution in [2.24, 2.45) is 0 Å². The zero-order chi connectivity index (χ0) is 13.1. The molecule has 1 amide bonds. The fourth-order valence-electron chi connectivity index (χ4n) is 0.977. The van der Waals surface area contributed by atoms with Crippen molar-refractivity contribution < 1.29 is 28.0 Å². The number of hydrogen-bond acceptors (Lipinski definition) is 5. The van der Waals surface area contributed by atoms with Crippen molar-refractivity contribution in [2.75, 3.05) is 0 Å². The molecule has 0 aliphatic carbocycles. The van der Waals surface area contributed by atoms with Gasteiger partial charge in [0.15, 0.2) is 11.5 Å². The zero-order valence-electron chi connectivity index (χ0n) is 8.36. The van der Waals surface area contributed by atoms with Crippen molar-refractivity contribution in [1.82, 2.24) is 4.72 Å². The zero-order valence-corrected chi connectivity index (χ0v) is 9.18. The van der Waals surface area contributed by atoms with E-state index in [-0.39, 0.29) is 11.5 Å². The molecule has 0 bridgehead atoms. The Morgan fingerprint density at radius 1 is 1.24 bits per heavy atom. The maximum Gasteiger partial charge on any atom is 0.359 e. The summed E-state index contributed by atoms with van der Waals surface area (Å²) < 4.78 is 30.1. The van der Waals surface area contributed by atoms with Gasteiger partial charge in [0.25, 0.3) is 5.91 Å². The number of phenols is 2. The van der Waals surface area contributed by atoms with Gasteiger partial charge in [-0.25, -0.2) is 4.72 Å². The van der Waals surface area contributed by atoms with Crippen LogP contribution in [0.1, 0.15) is 5.56 Å². The standard InChI is InChI=1S/C9H9NO6S/c11-7-3-1-6(5-8(7)12)2-4-9(13)10-17(14,15)16/h1-5,11-12H,(H,10,13)(H,14,15,16). The molecule has 0 saturated heterocycles. The smallest absolute Gasteiger partial charge is 0.359 e. The van der Waals surface area contributed by atoms with E-state index in [1.807, 2.05) is 0 Å². The van der Waals surface area contributed by atoms with Crippen LogP contribution in [-0.4, -0.2) is 29.1 Å². The number of carbonyl (C=O) groups is 1. The minimum absolute atomic E-state index is 0.315. The van der Waals surface area contributed by atoms with E-state index in [2.05, 4.69) is 0 Å². The summed E-state index contributed by atoms with van der Waals surface area (Å²) >= 11 is 0. The molecular formula is C9H9NO6S. The predicted molar refractivity (Wildman–Crippen MR) is 58.5 cm³/mol. The van der Waals surface area contributed by atoms with E-state index < -0.39 is 16.2 Å². The quantitative estimate of drug-likeness (QED) is 0.345. The lowest BCUT2D eigenvalue weighted by molar-refractivity contribution is -0.114. The van der Waals surface area contributed by atoms with Crippen molar-refractivity contribution in [3.05, 3.63) is 29.8 Å². The van der Waals surface area contributed by atoms with Crippen LogP contribution < -0.4 is 4.72 Å². The van der Waals surface area contributed by atoms with Crippen LogP contribution in [0.5, 0.6) is 11.5 Å². The highest BCUT2D eigenvalue weighted by Gasteiger charge is 2.06. The molecule has 0 aliphatic rings. The van der Waals surface area contributed by atoms with E-state index >= 15 is 0 Å². The molecule has 92 valence electrons. The largest absolute Gasteiger partial charge is 0.504 e. The summed E-state index contributed by atoms with van der Waals surface area (Å²) in [6.07, 6.45) is 2.04. The molecule has 17 heavy (non-hydrogen) atoms. The van der Waals surface area contributed by atoms with Gasteiger partial charge < -0.3 is 10.2 Å².